The maximum Gasteiger partial charge on any atom is 0.0887 e. The van der Waals surface area contributed by atoms with Crippen LogP contribution in [0.15, 0.2) is 9.85 Å². The first-order valence-electron chi connectivity index (χ1n) is 6.37. The average molecular weight is 337 g/mol. The number of thiophene rings is 1. The first-order valence-corrected chi connectivity index (χ1v) is 8.36. The predicted octanol–water partition coefficient (Wildman–Crippen LogP) is 5.52. The second kappa shape index (κ2) is 6.55. The van der Waals surface area contributed by atoms with E-state index < -0.39 is 0 Å². The summed E-state index contributed by atoms with van der Waals surface area (Å²) in [4.78, 5) is 1.21. The Morgan fingerprint density at radius 1 is 1.35 bits per heavy atom. The lowest BCUT2D eigenvalue weighted by Gasteiger charge is -2.18. The zero-order chi connectivity index (χ0) is 12.3. The van der Waals surface area contributed by atoms with Crippen molar-refractivity contribution >= 4 is 38.9 Å². The largest absolute Gasteiger partial charge is 0.323 e. The van der Waals surface area contributed by atoms with Crippen LogP contribution in [0.5, 0.6) is 0 Å². The van der Waals surface area contributed by atoms with Crippen LogP contribution in [0.2, 0.25) is 5.02 Å². The zero-order valence-electron chi connectivity index (χ0n) is 9.92. The van der Waals surface area contributed by atoms with Gasteiger partial charge in [-0.1, -0.05) is 50.1 Å². The highest BCUT2D eigenvalue weighted by Crippen LogP contribution is 2.37. The van der Waals surface area contributed by atoms with E-state index in [1.807, 2.05) is 6.07 Å². The van der Waals surface area contributed by atoms with Gasteiger partial charge in [-0.05, 0) is 34.3 Å². The molecular weight excluding hydrogens is 318 g/mol. The minimum Gasteiger partial charge on any atom is -0.323 e. The topological polar surface area (TPSA) is 26.0 Å². The fourth-order valence-corrected chi connectivity index (χ4v) is 4.38. The Kier molecular flexibility index (Phi) is 5.34. The van der Waals surface area contributed by atoms with Gasteiger partial charge in [-0.25, -0.2) is 0 Å². The lowest BCUT2D eigenvalue weighted by atomic mass is 9.92. The highest BCUT2D eigenvalue weighted by molar-refractivity contribution is 9.11. The third kappa shape index (κ3) is 3.95. The van der Waals surface area contributed by atoms with Gasteiger partial charge in [0.2, 0.25) is 0 Å². The van der Waals surface area contributed by atoms with E-state index in [1.165, 1.54) is 43.4 Å². The number of hydrogen-bond donors (Lipinski definition) is 1. The van der Waals surface area contributed by atoms with Gasteiger partial charge in [0.25, 0.3) is 0 Å². The Morgan fingerprint density at radius 2 is 2.00 bits per heavy atom. The molecule has 0 aromatic carbocycles. The molecule has 0 saturated heterocycles. The summed E-state index contributed by atoms with van der Waals surface area (Å²) in [6, 6.07) is 2.17. The number of halogens is 2. The molecular formula is C13H19BrClNS. The average Bonchev–Trinajstić information content (AvgIpc) is 2.54. The second-order valence-corrected chi connectivity index (χ2v) is 7.78. The van der Waals surface area contributed by atoms with Crippen LogP contribution in [-0.4, -0.2) is 0 Å². The molecule has 2 rings (SSSR count). The van der Waals surface area contributed by atoms with Crippen LogP contribution in [0.3, 0.4) is 0 Å². The summed E-state index contributed by atoms with van der Waals surface area (Å²) < 4.78 is 1.01. The molecule has 1 nitrogen and oxygen atoms in total. The molecule has 1 saturated carbocycles. The van der Waals surface area contributed by atoms with Crippen LogP contribution in [-0.2, 0) is 0 Å². The van der Waals surface area contributed by atoms with Crippen molar-refractivity contribution in [2.24, 2.45) is 11.7 Å². The molecule has 0 radical (unpaired) electrons. The summed E-state index contributed by atoms with van der Waals surface area (Å²) in [7, 11) is 0. The van der Waals surface area contributed by atoms with Gasteiger partial charge in [0.1, 0.15) is 0 Å². The third-order valence-corrected chi connectivity index (χ3v) is 6.20. The maximum atomic E-state index is 6.29. The Morgan fingerprint density at radius 3 is 2.53 bits per heavy atom. The van der Waals surface area contributed by atoms with Crippen molar-refractivity contribution < 1.29 is 0 Å². The van der Waals surface area contributed by atoms with E-state index in [9.17, 15) is 0 Å². The van der Waals surface area contributed by atoms with Crippen LogP contribution in [0.4, 0.5) is 0 Å². The molecule has 1 aromatic heterocycles. The van der Waals surface area contributed by atoms with Crippen molar-refractivity contribution in [1.82, 2.24) is 0 Å². The van der Waals surface area contributed by atoms with Gasteiger partial charge in [0.15, 0.2) is 0 Å². The van der Waals surface area contributed by atoms with Crippen LogP contribution in [0, 0.1) is 5.92 Å². The third-order valence-electron chi connectivity index (χ3n) is 3.59. The van der Waals surface area contributed by atoms with Crippen LogP contribution >= 0.6 is 38.9 Å². The zero-order valence-corrected chi connectivity index (χ0v) is 13.1. The first-order chi connectivity index (χ1) is 8.16. The smallest absolute Gasteiger partial charge is 0.0887 e. The Balaban J connectivity index is 1.93. The van der Waals surface area contributed by atoms with Gasteiger partial charge in [0.05, 0.1) is 8.81 Å². The van der Waals surface area contributed by atoms with Crippen molar-refractivity contribution in [3.63, 3.8) is 0 Å². The first kappa shape index (κ1) is 13.9. The molecule has 0 bridgehead atoms. The normalized spacial score (nSPS) is 20.2. The van der Waals surface area contributed by atoms with Crippen molar-refractivity contribution in [1.29, 1.82) is 0 Å². The predicted molar refractivity (Wildman–Crippen MR) is 79.8 cm³/mol. The van der Waals surface area contributed by atoms with Gasteiger partial charge in [-0.2, -0.15) is 0 Å². The minimum absolute atomic E-state index is 0.159. The SMILES string of the molecule is NC(CC1CCCCCC1)c1cc(Cl)c(Br)s1. The van der Waals surface area contributed by atoms with Crippen molar-refractivity contribution in [2.45, 2.75) is 51.0 Å². The van der Waals surface area contributed by atoms with Crippen LogP contribution < -0.4 is 5.73 Å². The quantitative estimate of drug-likeness (QED) is 0.722. The monoisotopic (exact) mass is 335 g/mol. The molecule has 4 heteroatoms. The Labute approximate surface area is 121 Å². The molecule has 96 valence electrons. The summed E-state index contributed by atoms with van der Waals surface area (Å²) in [5.74, 6) is 0.812. The fraction of sp³-hybridized carbons (Fsp3) is 0.692. The van der Waals surface area contributed by atoms with Gasteiger partial charge >= 0.3 is 0 Å². The van der Waals surface area contributed by atoms with E-state index >= 15 is 0 Å². The van der Waals surface area contributed by atoms with Crippen molar-refractivity contribution in [2.75, 3.05) is 0 Å². The standard InChI is InChI=1S/C13H19BrClNS/c14-13-10(15)8-12(17-13)11(16)7-9-5-3-1-2-4-6-9/h8-9,11H,1-7,16H2. The highest BCUT2D eigenvalue weighted by atomic mass is 79.9. The second-order valence-electron chi connectivity index (χ2n) is 4.97. The molecule has 1 aromatic rings. The van der Waals surface area contributed by atoms with E-state index in [4.69, 9.17) is 17.3 Å². The molecule has 1 heterocycles. The molecule has 1 aliphatic rings. The van der Waals surface area contributed by atoms with Gasteiger partial charge in [0, 0.05) is 10.9 Å². The van der Waals surface area contributed by atoms with Crippen molar-refractivity contribution in [3.8, 4) is 0 Å². The summed E-state index contributed by atoms with van der Waals surface area (Å²) >= 11 is 11.2. The Hall–Kier alpha value is 0.430. The van der Waals surface area contributed by atoms with E-state index in [0.29, 0.717) is 0 Å². The highest BCUT2D eigenvalue weighted by Gasteiger charge is 2.18. The molecule has 2 N–H and O–H groups in total. The summed E-state index contributed by atoms with van der Waals surface area (Å²) in [6.45, 7) is 0. The molecule has 1 atom stereocenters. The van der Waals surface area contributed by atoms with Crippen LogP contribution in [0.25, 0.3) is 0 Å². The number of nitrogens with two attached hydrogens (primary N) is 1. The summed E-state index contributed by atoms with van der Waals surface area (Å²) in [5, 5.41) is 0.793. The fourth-order valence-electron chi connectivity index (χ4n) is 2.62. The van der Waals surface area contributed by atoms with E-state index in [0.717, 1.165) is 21.1 Å². The summed E-state index contributed by atoms with van der Waals surface area (Å²) in [5.41, 5.74) is 6.29. The summed E-state index contributed by atoms with van der Waals surface area (Å²) in [6.07, 6.45) is 9.40. The minimum atomic E-state index is 0.159. The van der Waals surface area contributed by atoms with Gasteiger partial charge in [-0.15, -0.1) is 11.3 Å². The molecule has 1 aliphatic carbocycles. The van der Waals surface area contributed by atoms with Gasteiger partial charge in [-0.3, -0.25) is 0 Å². The molecule has 1 fully saturated rings. The molecule has 0 spiro atoms. The van der Waals surface area contributed by atoms with Crippen LogP contribution in [0.1, 0.15) is 55.9 Å². The molecule has 0 amide bonds. The van der Waals surface area contributed by atoms with Gasteiger partial charge < -0.3 is 5.73 Å². The van der Waals surface area contributed by atoms with Crippen molar-refractivity contribution in [3.05, 3.63) is 19.8 Å². The number of hydrogen-bond acceptors (Lipinski definition) is 2. The molecule has 1 unspecified atom stereocenters. The number of rotatable bonds is 3. The van der Waals surface area contributed by atoms with E-state index in [2.05, 4.69) is 15.9 Å². The van der Waals surface area contributed by atoms with E-state index in [-0.39, 0.29) is 6.04 Å². The lowest BCUT2D eigenvalue weighted by molar-refractivity contribution is 0.395. The van der Waals surface area contributed by atoms with E-state index in [1.54, 1.807) is 11.3 Å². The molecule has 0 aliphatic heterocycles. The maximum absolute atomic E-state index is 6.29. The molecule has 17 heavy (non-hydrogen) atoms. The Bertz CT molecular complexity index is 339. The lowest BCUT2D eigenvalue weighted by Crippen LogP contribution is -2.14.